The fourth-order valence-corrected chi connectivity index (χ4v) is 1.51. The van der Waals surface area contributed by atoms with Gasteiger partial charge in [0.05, 0.1) is 0 Å². The lowest BCUT2D eigenvalue weighted by atomic mass is 10.1. The van der Waals surface area contributed by atoms with Crippen molar-refractivity contribution in [3.63, 3.8) is 0 Å². The van der Waals surface area contributed by atoms with Crippen LogP contribution in [0.2, 0.25) is 3.54 Å². The second-order valence-electron chi connectivity index (χ2n) is 3.40. The molecule has 0 aliphatic rings. The van der Waals surface area contributed by atoms with Gasteiger partial charge in [0.2, 0.25) is 0 Å². The highest BCUT2D eigenvalue weighted by atomic mass is 35.5. The van der Waals surface area contributed by atoms with Gasteiger partial charge < -0.3 is 9.07 Å². The standard InChI is InChI=1S/C7H15.ClH.Mg/c1-4-5-6-7(2)3;;/h4-6H2,1-3H3;1H;/q;;+1/p-1. The van der Waals surface area contributed by atoms with Crippen LogP contribution in [0.3, 0.4) is 0 Å². The maximum Gasteiger partial charge on any atom is 0.507 e. The Balaban J connectivity index is 3.33. The maximum atomic E-state index is 5.87. The van der Waals surface area contributed by atoms with Gasteiger partial charge in [-0.25, -0.2) is 0 Å². The van der Waals surface area contributed by atoms with Crippen molar-refractivity contribution in [2.24, 2.45) is 0 Å². The topological polar surface area (TPSA) is 0 Å². The third kappa shape index (κ3) is 5.50. The highest BCUT2D eigenvalue weighted by Gasteiger charge is 2.18. The van der Waals surface area contributed by atoms with Gasteiger partial charge in [0, 0.05) is 0 Å². The Kier molecular flexibility index (Phi) is 5.37. The highest BCUT2D eigenvalue weighted by Crippen LogP contribution is 2.30. The molecule has 0 nitrogen and oxygen atoms in total. The highest BCUT2D eigenvalue weighted by molar-refractivity contribution is 6.95. The molecule has 0 bridgehead atoms. The molecule has 9 heavy (non-hydrogen) atoms. The molecule has 0 unspecified atom stereocenters. The van der Waals surface area contributed by atoms with E-state index in [1.165, 1.54) is 19.3 Å². The summed E-state index contributed by atoms with van der Waals surface area (Å²) in [6.45, 7) is 6.79. The molecule has 0 aromatic carbocycles. The molecule has 2 heteroatoms. The first-order valence-corrected chi connectivity index (χ1v) is 6.53. The van der Waals surface area contributed by atoms with Crippen molar-refractivity contribution in [1.29, 1.82) is 0 Å². The third-order valence-electron chi connectivity index (χ3n) is 1.57. The van der Waals surface area contributed by atoms with Crippen LogP contribution in [-0.4, -0.2) is 19.3 Å². The van der Waals surface area contributed by atoms with Crippen LogP contribution in [0.25, 0.3) is 0 Å². The summed E-state index contributed by atoms with van der Waals surface area (Å²) in [5.74, 6) is 0. The number of hydrogen-bond donors (Lipinski definition) is 0. The van der Waals surface area contributed by atoms with E-state index >= 15 is 0 Å². The average Bonchev–Trinajstić information content (AvgIpc) is 1.84. The summed E-state index contributed by atoms with van der Waals surface area (Å²) in [5, 5.41) is 0. The number of hydrogen-bond acceptors (Lipinski definition) is 0. The van der Waals surface area contributed by atoms with Gasteiger partial charge in [0.1, 0.15) is 0 Å². The zero-order chi connectivity index (χ0) is 7.33. The lowest BCUT2D eigenvalue weighted by Crippen LogP contribution is -2.07. The van der Waals surface area contributed by atoms with Crippen LogP contribution >= 0.6 is 9.07 Å². The van der Waals surface area contributed by atoms with Crippen molar-refractivity contribution in [1.82, 2.24) is 0 Å². The van der Waals surface area contributed by atoms with E-state index in [2.05, 4.69) is 20.8 Å². The van der Waals surface area contributed by atoms with Gasteiger partial charge >= 0.3 is 19.3 Å². The Bertz CT molecular complexity index is 71.3. The second kappa shape index (κ2) is 4.81. The van der Waals surface area contributed by atoms with Crippen molar-refractivity contribution in [2.75, 3.05) is 0 Å². The minimum Gasteiger partial charge on any atom is -0.345 e. The van der Waals surface area contributed by atoms with Crippen LogP contribution in [0.4, 0.5) is 0 Å². The summed E-state index contributed by atoms with van der Waals surface area (Å²) in [4.78, 5) is 0. The van der Waals surface area contributed by atoms with E-state index in [-0.39, 0.29) is 19.3 Å². The summed E-state index contributed by atoms with van der Waals surface area (Å²) >= 11 is -0.306. The molecule has 0 N–H and O–H groups in total. The van der Waals surface area contributed by atoms with E-state index in [1.807, 2.05) is 0 Å². The lowest BCUT2D eigenvalue weighted by Gasteiger charge is -2.19. The Hall–Kier alpha value is 1.06. The van der Waals surface area contributed by atoms with Crippen molar-refractivity contribution in [3.8, 4) is 0 Å². The molecular weight excluding hydrogens is 144 g/mol. The van der Waals surface area contributed by atoms with Crippen LogP contribution in [0.15, 0.2) is 0 Å². The molecule has 0 aromatic heterocycles. The van der Waals surface area contributed by atoms with Gasteiger partial charge in [-0.1, -0.05) is 40.0 Å². The molecule has 0 radical (unpaired) electrons. The summed E-state index contributed by atoms with van der Waals surface area (Å²) in [7, 11) is 5.87. The number of unbranched alkanes of at least 4 members (excludes halogenated alkanes) is 1. The molecule has 0 spiro atoms. The Morgan fingerprint density at radius 2 is 2.00 bits per heavy atom. The summed E-state index contributed by atoms with van der Waals surface area (Å²) in [6.07, 6.45) is 3.96. The predicted molar refractivity (Wildman–Crippen MR) is 45.2 cm³/mol. The minimum atomic E-state index is -0.306. The Morgan fingerprint density at radius 1 is 1.44 bits per heavy atom. The fourth-order valence-electron chi connectivity index (χ4n) is 0.722. The van der Waals surface area contributed by atoms with Crippen molar-refractivity contribution in [3.05, 3.63) is 0 Å². The van der Waals surface area contributed by atoms with Gasteiger partial charge in [-0.2, -0.15) is 0 Å². The molecule has 0 aliphatic carbocycles. The fraction of sp³-hybridized carbons (Fsp3) is 1.00. The molecule has 0 heterocycles. The van der Waals surface area contributed by atoms with E-state index in [0.29, 0.717) is 3.54 Å². The van der Waals surface area contributed by atoms with Crippen LogP contribution in [0.5, 0.6) is 0 Å². The molecule has 0 saturated heterocycles. The van der Waals surface area contributed by atoms with E-state index in [9.17, 15) is 0 Å². The first kappa shape index (κ1) is 10.1. The van der Waals surface area contributed by atoms with Crippen molar-refractivity contribution >= 4 is 28.3 Å². The third-order valence-corrected chi connectivity index (χ3v) is 4.82. The van der Waals surface area contributed by atoms with Gasteiger partial charge in [-0.3, -0.25) is 0 Å². The van der Waals surface area contributed by atoms with Crippen LogP contribution in [0, 0.1) is 0 Å². The normalized spacial score (nSPS) is 11.1. The van der Waals surface area contributed by atoms with Gasteiger partial charge in [-0.05, 0) is 0 Å². The van der Waals surface area contributed by atoms with E-state index in [4.69, 9.17) is 9.07 Å². The largest absolute Gasteiger partial charge is 0.507 e. The van der Waals surface area contributed by atoms with Crippen LogP contribution in [0.1, 0.15) is 40.0 Å². The lowest BCUT2D eigenvalue weighted by molar-refractivity contribution is 0.569. The number of halogens is 1. The smallest absolute Gasteiger partial charge is 0.345 e. The molecule has 0 aliphatic heterocycles. The molecule has 0 rings (SSSR count). The molecular formula is C7H15ClMg. The van der Waals surface area contributed by atoms with Crippen LogP contribution < -0.4 is 0 Å². The molecule has 0 fully saturated rings. The number of rotatable bonds is 4. The minimum absolute atomic E-state index is 0.306. The quantitative estimate of drug-likeness (QED) is 0.552. The first-order chi connectivity index (χ1) is 4.12. The monoisotopic (exact) mass is 158 g/mol. The first-order valence-electron chi connectivity index (χ1n) is 3.68. The van der Waals surface area contributed by atoms with Crippen LogP contribution in [-0.2, 0) is 0 Å². The molecule has 0 aromatic rings. The Labute approximate surface area is 71.9 Å². The summed E-state index contributed by atoms with van der Waals surface area (Å²) in [6, 6.07) is 0. The average molecular weight is 159 g/mol. The zero-order valence-electron chi connectivity index (χ0n) is 6.71. The molecule has 0 atom stereocenters. The van der Waals surface area contributed by atoms with Crippen molar-refractivity contribution < 1.29 is 0 Å². The molecule has 52 valence electrons. The summed E-state index contributed by atoms with van der Waals surface area (Å²) in [5.41, 5.74) is 0. The predicted octanol–water partition coefficient (Wildman–Crippen LogP) is 3.23. The van der Waals surface area contributed by atoms with E-state index in [0.717, 1.165) is 0 Å². The zero-order valence-corrected chi connectivity index (χ0v) is 8.88. The van der Waals surface area contributed by atoms with E-state index in [1.54, 1.807) is 0 Å². The second-order valence-corrected chi connectivity index (χ2v) is 6.38. The SMILES string of the molecule is CCCC[C](C)(C)[Mg][Cl]. The maximum absolute atomic E-state index is 5.87. The molecule has 0 amide bonds. The van der Waals surface area contributed by atoms with Gasteiger partial charge in [0.25, 0.3) is 0 Å². The van der Waals surface area contributed by atoms with Gasteiger partial charge in [0.15, 0.2) is 0 Å². The Morgan fingerprint density at radius 3 is 2.33 bits per heavy atom. The van der Waals surface area contributed by atoms with Gasteiger partial charge in [-0.15, -0.1) is 3.54 Å². The molecule has 0 saturated carbocycles. The van der Waals surface area contributed by atoms with Crippen molar-refractivity contribution in [2.45, 2.75) is 43.6 Å². The van der Waals surface area contributed by atoms with E-state index < -0.39 is 0 Å². The summed E-state index contributed by atoms with van der Waals surface area (Å²) < 4.78 is 0.498.